The molecule has 9 heteroatoms. The molecule has 2 aliphatic heterocycles. The molecule has 3 N–H and O–H groups in total. The zero-order valence-corrected chi connectivity index (χ0v) is 21.0. The van der Waals surface area contributed by atoms with Crippen LogP contribution in [0, 0.1) is 5.82 Å². The maximum absolute atomic E-state index is 14.6. The van der Waals surface area contributed by atoms with E-state index in [1.54, 1.807) is 31.5 Å². The molecule has 2 unspecified atom stereocenters. The summed E-state index contributed by atoms with van der Waals surface area (Å²) in [5.41, 5.74) is 7.81. The van der Waals surface area contributed by atoms with Crippen molar-refractivity contribution in [3.8, 4) is 17.2 Å². The largest absolute Gasteiger partial charge is 0.497 e. The van der Waals surface area contributed by atoms with E-state index in [2.05, 4.69) is 22.2 Å². The first kappa shape index (κ1) is 23.5. The number of aromatic nitrogens is 3. The molecule has 0 saturated carbocycles. The van der Waals surface area contributed by atoms with Gasteiger partial charge in [-0.25, -0.2) is 14.1 Å². The molecule has 2 saturated heterocycles. The number of nitrogen functional groups attached to an aromatic ring is 1. The zero-order chi connectivity index (χ0) is 25.5. The number of nitrogens with one attached hydrogen (secondary N) is 1. The number of ether oxygens (including phenoxy) is 2. The Morgan fingerprint density at radius 3 is 2.51 bits per heavy atom. The number of piperidine rings is 1. The molecule has 2 atom stereocenters. The molecule has 2 aromatic carbocycles. The van der Waals surface area contributed by atoms with Crippen molar-refractivity contribution in [2.75, 3.05) is 25.2 Å². The number of fused-ring (bicyclic) bond motifs is 3. The van der Waals surface area contributed by atoms with Crippen LogP contribution in [0.2, 0.25) is 0 Å². The lowest BCUT2D eigenvalue weighted by atomic mass is 9.98. The lowest BCUT2D eigenvalue weighted by Crippen LogP contribution is -2.44. The quantitative estimate of drug-likeness (QED) is 0.342. The van der Waals surface area contributed by atoms with Gasteiger partial charge in [-0.3, -0.25) is 0 Å². The van der Waals surface area contributed by atoms with Gasteiger partial charge >= 0.3 is 0 Å². The molecule has 2 aliphatic rings. The SMILES string of the molecule is COc1ccc(Cn2nc(NC3CC4CCC(C3)N4C)c3c(Oc4ccc(N)cc4F)ccnc32)cc1. The predicted octanol–water partition coefficient (Wildman–Crippen LogP) is 5.04. The third kappa shape index (κ3) is 4.55. The van der Waals surface area contributed by atoms with Crippen LogP contribution in [-0.4, -0.2) is 51.9 Å². The monoisotopic (exact) mass is 502 g/mol. The molecule has 0 radical (unpaired) electrons. The smallest absolute Gasteiger partial charge is 0.167 e. The highest BCUT2D eigenvalue weighted by Gasteiger charge is 2.38. The summed E-state index contributed by atoms with van der Waals surface area (Å²) in [7, 11) is 3.88. The molecule has 0 spiro atoms. The minimum absolute atomic E-state index is 0.105. The lowest BCUT2D eigenvalue weighted by Gasteiger charge is -2.36. The van der Waals surface area contributed by atoms with E-state index in [0.717, 1.165) is 29.5 Å². The van der Waals surface area contributed by atoms with Crippen LogP contribution in [0.3, 0.4) is 0 Å². The van der Waals surface area contributed by atoms with Gasteiger partial charge in [-0.1, -0.05) is 12.1 Å². The fraction of sp³-hybridized carbons (Fsp3) is 0.357. The van der Waals surface area contributed by atoms with Crippen molar-refractivity contribution in [2.45, 2.75) is 50.4 Å². The molecule has 37 heavy (non-hydrogen) atoms. The van der Waals surface area contributed by atoms with Gasteiger partial charge < -0.3 is 25.4 Å². The molecule has 2 fully saturated rings. The van der Waals surface area contributed by atoms with Gasteiger partial charge in [0.15, 0.2) is 23.0 Å². The number of benzene rings is 2. The normalized spacial score (nSPS) is 21.3. The highest BCUT2D eigenvalue weighted by atomic mass is 19.1. The Balaban J connectivity index is 1.38. The first-order chi connectivity index (χ1) is 18.0. The molecule has 192 valence electrons. The van der Waals surface area contributed by atoms with Gasteiger partial charge in [-0.05, 0) is 62.6 Å². The second-order valence-corrected chi connectivity index (χ2v) is 10.0. The summed E-state index contributed by atoms with van der Waals surface area (Å²) in [6.07, 6.45) is 6.25. The van der Waals surface area contributed by atoms with Crippen molar-refractivity contribution < 1.29 is 13.9 Å². The van der Waals surface area contributed by atoms with E-state index < -0.39 is 5.82 Å². The molecular weight excluding hydrogens is 471 g/mol. The van der Waals surface area contributed by atoms with Gasteiger partial charge in [0.05, 0.1) is 13.7 Å². The molecule has 4 aromatic rings. The number of pyridine rings is 1. The summed E-state index contributed by atoms with van der Waals surface area (Å²) in [5, 5.41) is 9.40. The first-order valence-corrected chi connectivity index (χ1v) is 12.7. The van der Waals surface area contributed by atoms with Crippen molar-refractivity contribution in [2.24, 2.45) is 0 Å². The molecule has 2 aromatic heterocycles. The summed E-state index contributed by atoms with van der Waals surface area (Å²) in [4.78, 5) is 7.16. The number of anilines is 2. The topological polar surface area (TPSA) is 90.5 Å². The molecule has 6 rings (SSSR count). The Kier molecular flexibility index (Phi) is 6.08. The van der Waals surface area contributed by atoms with E-state index in [9.17, 15) is 4.39 Å². The van der Waals surface area contributed by atoms with Crippen molar-refractivity contribution in [1.82, 2.24) is 19.7 Å². The zero-order valence-electron chi connectivity index (χ0n) is 21.0. The molecular formula is C28H31FN6O2. The summed E-state index contributed by atoms with van der Waals surface area (Å²) in [6, 6.07) is 15.5. The second kappa shape index (κ2) is 9.55. The number of rotatable bonds is 7. The van der Waals surface area contributed by atoms with E-state index in [0.29, 0.717) is 47.6 Å². The molecule has 8 nitrogen and oxygen atoms in total. The van der Waals surface area contributed by atoms with E-state index >= 15 is 0 Å². The third-order valence-corrected chi connectivity index (χ3v) is 7.70. The van der Waals surface area contributed by atoms with Crippen molar-refractivity contribution >= 4 is 22.5 Å². The van der Waals surface area contributed by atoms with Crippen molar-refractivity contribution in [1.29, 1.82) is 0 Å². The number of halogens is 1. The van der Waals surface area contributed by atoms with E-state index in [4.69, 9.17) is 20.3 Å². The van der Waals surface area contributed by atoms with Crippen LogP contribution in [0.5, 0.6) is 17.2 Å². The van der Waals surface area contributed by atoms with Gasteiger partial charge in [0.25, 0.3) is 0 Å². The van der Waals surface area contributed by atoms with Crippen LogP contribution in [0.4, 0.5) is 15.9 Å². The summed E-state index contributed by atoms with van der Waals surface area (Å²) in [6.45, 7) is 0.521. The van der Waals surface area contributed by atoms with Crippen molar-refractivity contribution in [3.63, 3.8) is 0 Å². The fourth-order valence-corrected chi connectivity index (χ4v) is 5.71. The minimum Gasteiger partial charge on any atom is -0.497 e. The summed E-state index contributed by atoms with van der Waals surface area (Å²) < 4.78 is 27.9. The first-order valence-electron chi connectivity index (χ1n) is 12.7. The fourth-order valence-electron chi connectivity index (χ4n) is 5.71. The van der Waals surface area contributed by atoms with Gasteiger partial charge in [-0.2, -0.15) is 5.10 Å². The average molecular weight is 503 g/mol. The van der Waals surface area contributed by atoms with Crippen molar-refractivity contribution in [3.05, 3.63) is 66.1 Å². The number of nitrogens with two attached hydrogens (primary N) is 1. The molecule has 2 bridgehead atoms. The molecule has 4 heterocycles. The van der Waals surface area contributed by atoms with Crippen LogP contribution < -0.4 is 20.5 Å². The van der Waals surface area contributed by atoms with E-state index in [-0.39, 0.29) is 5.75 Å². The molecule has 0 aliphatic carbocycles. The highest BCUT2D eigenvalue weighted by Crippen LogP contribution is 2.39. The highest BCUT2D eigenvalue weighted by molar-refractivity contribution is 5.93. The summed E-state index contributed by atoms with van der Waals surface area (Å²) >= 11 is 0. The van der Waals surface area contributed by atoms with Crippen LogP contribution in [0.25, 0.3) is 11.0 Å². The predicted molar refractivity (Wildman–Crippen MR) is 142 cm³/mol. The minimum atomic E-state index is -0.517. The number of hydrogen-bond acceptors (Lipinski definition) is 7. The van der Waals surface area contributed by atoms with Gasteiger partial charge in [-0.15, -0.1) is 0 Å². The van der Waals surface area contributed by atoms with Gasteiger partial charge in [0, 0.05) is 42.1 Å². The van der Waals surface area contributed by atoms with Crippen LogP contribution >= 0.6 is 0 Å². The third-order valence-electron chi connectivity index (χ3n) is 7.70. The maximum Gasteiger partial charge on any atom is 0.167 e. The second-order valence-electron chi connectivity index (χ2n) is 10.0. The Bertz CT molecular complexity index is 1410. The van der Waals surface area contributed by atoms with Crippen LogP contribution in [0.1, 0.15) is 31.2 Å². The maximum atomic E-state index is 14.6. The number of methoxy groups -OCH3 is 1. The van der Waals surface area contributed by atoms with Crippen LogP contribution in [0.15, 0.2) is 54.7 Å². The number of nitrogens with zero attached hydrogens (tertiary/aromatic N) is 4. The van der Waals surface area contributed by atoms with E-state index in [1.165, 1.54) is 18.9 Å². The standard InChI is InChI=1S/C28H31FN6O2/c1-34-20-6-7-21(34)15-19(14-20)32-27-26-25(37-24-10-5-18(30)13-23(24)29)11-12-31-28(26)35(33-27)16-17-3-8-22(36-2)9-4-17/h3-5,8-13,19-21H,6-7,14-16,30H2,1-2H3,(H,32,33). The Labute approximate surface area is 215 Å². The van der Waals surface area contributed by atoms with E-state index in [1.807, 2.05) is 28.9 Å². The van der Waals surface area contributed by atoms with Crippen LogP contribution in [-0.2, 0) is 6.54 Å². The Hall–Kier alpha value is -3.85. The number of hydrogen-bond donors (Lipinski definition) is 2. The average Bonchev–Trinajstić information content (AvgIpc) is 3.32. The summed E-state index contributed by atoms with van der Waals surface area (Å²) in [5.74, 6) is 1.59. The Morgan fingerprint density at radius 1 is 1.05 bits per heavy atom. The van der Waals surface area contributed by atoms with Gasteiger partial charge in [0.2, 0.25) is 0 Å². The molecule has 0 amide bonds. The van der Waals surface area contributed by atoms with Gasteiger partial charge in [0.1, 0.15) is 16.9 Å². The lowest BCUT2D eigenvalue weighted by molar-refractivity contribution is 0.169. The Morgan fingerprint density at radius 2 is 1.81 bits per heavy atom.